The lowest BCUT2D eigenvalue weighted by Crippen LogP contribution is -2.14. The molecule has 1 amide bonds. The molecule has 0 saturated carbocycles. The van der Waals surface area contributed by atoms with Crippen LogP contribution in [0.5, 0.6) is 0 Å². The summed E-state index contributed by atoms with van der Waals surface area (Å²) in [4.78, 5) is 15.8. The highest BCUT2D eigenvalue weighted by Crippen LogP contribution is 2.33. The maximum atomic E-state index is 12.7. The van der Waals surface area contributed by atoms with E-state index in [1.54, 1.807) is 12.1 Å². The number of carbonyl (C=O) groups excluding carboxylic acids is 1. The van der Waals surface area contributed by atoms with Gasteiger partial charge in [0.2, 0.25) is 0 Å². The Morgan fingerprint density at radius 1 is 1.24 bits per heavy atom. The Kier molecular flexibility index (Phi) is 4.53. The van der Waals surface area contributed by atoms with E-state index in [0.717, 1.165) is 12.1 Å². The van der Waals surface area contributed by atoms with E-state index in [1.165, 1.54) is 12.1 Å². The number of aromatic nitrogens is 1. The molecule has 0 fully saturated rings. The first-order valence-corrected chi connectivity index (χ1v) is 6.74. The molecule has 1 aromatic carbocycles. The van der Waals surface area contributed by atoms with Gasteiger partial charge in [-0.05, 0) is 46.3 Å². The molecule has 2 rings (SSSR count). The van der Waals surface area contributed by atoms with Gasteiger partial charge in [-0.15, -0.1) is 0 Å². The molecule has 0 atom stereocenters. The van der Waals surface area contributed by atoms with Crippen molar-refractivity contribution in [3.63, 3.8) is 0 Å². The van der Waals surface area contributed by atoms with Crippen LogP contribution >= 0.6 is 27.5 Å². The van der Waals surface area contributed by atoms with Gasteiger partial charge in [0.25, 0.3) is 5.91 Å². The molecule has 2 aromatic rings. The summed E-state index contributed by atoms with van der Waals surface area (Å²) < 4.78 is 38.5. The molecule has 110 valence electrons. The van der Waals surface area contributed by atoms with Gasteiger partial charge in [0.1, 0.15) is 10.3 Å². The zero-order valence-corrected chi connectivity index (χ0v) is 12.6. The van der Waals surface area contributed by atoms with Gasteiger partial charge in [0.05, 0.1) is 5.56 Å². The van der Waals surface area contributed by atoms with Gasteiger partial charge < -0.3 is 5.32 Å². The van der Waals surface area contributed by atoms with Crippen LogP contribution in [0.2, 0.25) is 5.02 Å². The lowest BCUT2D eigenvalue weighted by molar-refractivity contribution is -0.137. The molecule has 0 saturated heterocycles. The number of carbonyl (C=O) groups is 1. The largest absolute Gasteiger partial charge is 0.416 e. The Morgan fingerprint density at radius 3 is 2.57 bits per heavy atom. The number of halogens is 5. The SMILES string of the molecule is O=C(Nc1cc(Cl)cc(C(F)(F)F)c1)c1cccc(Br)n1. The summed E-state index contributed by atoms with van der Waals surface area (Å²) in [7, 11) is 0. The summed E-state index contributed by atoms with van der Waals surface area (Å²) in [5.41, 5.74) is -0.924. The third-order valence-electron chi connectivity index (χ3n) is 2.43. The maximum Gasteiger partial charge on any atom is 0.416 e. The number of anilines is 1. The molecule has 0 spiro atoms. The number of amides is 1. The van der Waals surface area contributed by atoms with Crippen molar-refractivity contribution in [3.8, 4) is 0 Å². The monoisotopic (exact) mass is 378 g/mol. The fraction of sp³-hybridized carbons (Fsp3) is 0.0769. The highest BCUT2D eigenvalue weighted by atomic mass is 79.9. The molecule has 8 heteroatoms. The highest BCUT2D eigenvalue weighted by molar-refractivity contribution is 9.10. The van der Waals surface area contributed by atoms with Crippen molar-refractivity contribution >= 4 is 39.1 Å². The molecule has 0 radical (unpaired) electrons. The topological polar surface area (TPSA) is 42.0 Å². The van der Waals surface area contributed by atoms with Crippen LogP contribution in [0.3, 0.4) is 0 Å². The summed E-state index contributed by atoms with van der Waals surface area (Å²) >= 11 is 8.74. The molecule has 0 aliphatic heterocycles. The number of rotatable bonds is 2. The lowest BCUT2D eigenvalue weighted by Gasteiger charge is -2.11. The minimum absolute atomic E-state index is 0.0541. The number of alkyl halides is 3. The maximum absolute atomic E-state index is 12.7. The van der Waals surface area contributed by atoms with Crippen LogP contribution in [0.15, 0.2) is 41.0 Å². The van der Waals surface area contributed by atoms with E-state index in [0.29, 0.717) is 4.60 Å². The molecular weight excluding hydrogens is 373 g/mol. The third-order valence-corrected chi connectivity index (χ3v) is 3.09. The number of hydrogen-bond donors (Lipinski definition) is 1. The quantitative estimate of drug-likeness (QED) is 0.764. The van der Waals surface area contributed by atoms with Crippen molar-refractivity contribution < 1.29 is 18.0 Å². The summed E-state index contributed by atoms with van der Waals surface area (Å²) in [6, 6.07) is 7.47. The van der Waals surface area contributed by atoms with Crippen molar-refractivity contribution in [3.05, 3.63) is 57.3 Å². The zero-order valence-electron chi connectivity index (χ0n) is 10.2. The Labute approximate surface area is 131 Å². The van der Waals surface area contributed by atoms with Gasteiger partial charge in [0, 0.05) is 10.7 Å². The molecule has 0 aliphatic rings. The number of pyridine rings is 1. The Hall–Kier alpha value is -1.60. The first-order valence-electron chi connectivity index (χ1n) is 5.57. The first-order chi connectivity index (χ1) is 9.75. The summed E-state index contributed by atoms with van der Waals surface area (Å²) in [5, 5.41) is 2.21. The smallest absolute Gasteiger partial charge is 0.321 e. The minimum atomic E-state index is -4.54. The van der Waals surface area contributed by atoms with Crippen molar-refractivity contribution in [2.24, 2.45) is 0 Å². The van der Waals surface area contributed by atoms with Gasteiger partial charge >= 0.3 is 6.18 Å². The fourth-order valence-electron chi connectivity index (χ4n) is 1.56. The molecule has 1 heterocycles. The highest BCUT2D eigenvalue weighted by Gasteiger charge is 2.31. The summed E-state index contributed by atoms with van der Waals surface area (Å²) in [6.45, 7) is 0. The van der Waals surface area contributed by atoms with Crippen LogP contribution in [-0.2, 0) is 6.18 Å². The van der Waals surface area contributed by atoms with Gasteiger partial charge in [-0.1, -0.05) is 17.7 Å². The molecule has 3 nitrogen and oxygen atoms in total. The molecule has 1 aromatic heterocycles. The van der Waals surface area contributed by atoms with Crippen LogP contribution in [0.25, 0.3) is 0 Å². The van der Waals surface area contributed by atoms with Crippen LogP contribution in [0.1, 0.15) is 16.1 Å². The van der Waals surface area contributed by atoms with Crippen molar-refractivity contribution in [2.45, 2.75) is 6.18 Å². The van der Waals surface area contributed by atoms with Crippen LogP contribution in [-0.4, -0.2) is 10.9 Å². The van der Waals surface area contributed by atoms with E-state index in [-0.39, 0.29) is 16.4 Å². The van der Waals surface area contributed by atoms with E-state index < -0.39 is 17.6 Å². The van der Waals surface area contributed by atoms with Gasteiger partial charge in [-0.25, -0.2) is 4.98 Å². The average molecular weight is 380 g/mol. The standard InChI is InChI=1S/C13H7BrClF3N2O/c14-11-3-1-2-10(20-11)12(21)19-9-5-7(13(16,17)18)4-8(15)6-9/h1-6H,(H,19,21). The van der Waals surface area contributed by atoms with Crippen molar-refractivity contribution in [2.75, 3.05) is 5.32 Å². The van der Waals surface area contributed by atoms with Gasteiger partial charge in [-0.3, -0.25) is 4.79 Å². The Bertz CT molecular complexity index is 691. The molecular formula is C13H7BrClF3N2O. The Morgan fingerprint density at radius 2 is 1.95 bits per heavy atom. The van der Waals surface area contributed by atoms with Gasteiger partial charge in [0.15, 0.2) is 0 Å². The number of benzene rings is 1. The van der Waals surface area contributed by atoms with Crippen LogP contribution in [0.4, 0.5) is 18.9 Å². The van der Waals surface area contributed by atoms with Crippen LogP contribution in [0, 0.1) is 0 Å². The first kappa shape index (κ1) is 15.8. The molecule has 1 N–H and O–H groups in total. The third kappa shape index (κ3) is 4.18. The molecule has 0 unspecified atom stereocenters. The number of nitrogens with zero attached hydrogens (tertiary/aromatic N) is 1. The van der Waals surface area contributed by atoms with E-state index >= 15 is 0 Å². The minimum Gasteiger partial charge on any atom is -0.321 e. The number of nitrogens with one attached hydrogen (secondary N) is 1. The molecule has 21 heavy (non-hydrogen) atoms. The van der Waals surface area contributed by atoms with E-state index in [4.69, 9.17) is 11.6 Å². The van der Waals surface area contributed by atoms with Crippen molar-refractivity contribution in [1.29, 1.82) is 0 Å². The predicted octanol–water partition coefficient (Wildman–Crippen LogP) is 4.77. The number of hydrogen-bond acceptors (Lipinski definition) is 2. The average Bonchev–Trinajstić information content (AvgIpc) is 2.37. The van der Waals surface area contributed by atoms with Crippen LogP contribution < -0.4 is 5.32 Å². The molecule has 0 bridgehead atoms. The van der Waals surface area contributed by atoms with E-state index in [1.807, 2.05) is 0 Å². The second kappa shape index (κ2) is 6.03. The summed E-state index contributed by atoms with van der Waals surface area (Å²) in [6.07, 6.45) is -4.54. The predicted molar refractivity (Wildman–Crippen MR) is 76.3 cm³/mol. The van der Waals surface area contributed by atoms with Gasteiger partial charge in [-0.2, -0.15) is 13.2 Å². The second-order valence-electron chi connectivity index (χ2n) is 4.03. The normalized spacial score (nSPS) is 11.3. The van der Waals surface area contributed by atoms with E-state index in [2.05, 4.69) is 26.2 Å². The van der Waals surface area contributed by atoms with E-state index in [9.17, 15) is 18.0 Å². The lowest BCUT2D eigenvalue weighted by atomic mass is 10.2. The second-order valence-corrected chi connectivity index (χ2v) is 5.27. The summed E-state index contributed by atoms with van der Waals surface area (Å²) in [5.74, 6) is -0.633. The molecule has 0 aliphatic carbocycles. The zero-order chi connectivity index (χ0) is 15.6. The fourth-order valence-corrected chi connectivity index (χ4v) is 2.13. The van der Waals surface area contributed by atoms with Crippen molar-refractivity contribution in [1.82, 2.24) is 4.98 Å². The Balaban J connectivity index is 2.27.